The molecule has 7 heteroatoms. The molecule has 1 aromatic carbocycles. The minimum absolute atomic E-state index is 0.152. The number of ether oxygens (including phenoxy) is 2. The highest BCUT2D eigenvalue weighted by Gasteiger charge is 2.49. The third-order valence-electron chi connectivity index (χ3n) is 3.63. The lowest BCUT2D eigenvalue weighted by molar-refractivity contribution is -0.338. The van der Waals surface area contributed by atoms with E-state index in [1.165, 1.54) is 12.2 Å². The molecule has 1 aromatic rings. The Morgan fingerprint density at radius 2 is 1.96 bits per heavy atom. The van der Waals surface area contributed by atoms with E-state index in [2.05, 4.69) is 5.32 Å². The number of rotatable bonds is 6. The summed E-state index contributed by atoms with van der Waals surface area (Å²) in [5.74, 6) is -1.25. The fourth-order valence-corrected chi connectivity index (χ4v) is 2.07. The van der Waals surface area contributed by atoms with Crippen LogP contribution in [-0.2, 0) is 25.7 Å². The molecule has 0 saturated carbocycles. The van der Waals surface area contributed by atoms with E-state index in [0.29, 0.717) is 0 Å². The lowest BCUT2D eigenvalue weighted by Crippen LogP contribution is -2.70. The minimum Gasteiger partial charge on any atom is -0.445 e. The van der Waals surface area contributed by atoms with Crippen LogP contribution in [0, 0.1) is 0 Å². The normalized spacial score (nSPS) is 20.9. The molecule has 126 valence electrons. The summed E-state index contributed by atoms with van der Waals surface area (Å²) < 4.78 is 10.2. The second-order valence-electron chi connectivity index (χ2n) is 5.78. The molecule has 2 amide bonds. The molecule has 1 heterocycles. The minimum atomic E-state index is -0.914. The molecule has 0 aromatic heterocycles. The number of hydrogen-bond donors (Lipinski definition) is 1. The number of benzene rings is 1. The van der Waals surface area contributed by atoms with Crippen LogP contribution in [0.2, 0.25) is 0 Å². The van der Waals surface area contributed by atoms with Gasteiger partial charge in [-0.1, -0.05) is 30.3 Å². The number of carbonyl (C=O) groups is 2. The van der Waals surface area contributed by atoms with Gasteiger partial charge < -0.3 is 14.8 Å². The SMILES string of the molecule is COC(C)(C)ON1C(=O)C(NC(=O)OCc2ccccc2)C1C. The van der Waals surface area contributed by atoms with E-state index in [9.17, 15) is 9.59 Å². The number of amides is 2. The van der Waals surface area contributed by atoms with Crippen LogP contribution in [0.1, 0.15) is 26.3 Å². The first-order valence-corrected chi connectivity index (χ1v) is 7.38. The van der Waals surface area contributed by atoms with Crippen LogP contribution in [0.3, 0.4) is 0 Å². The van der Waals surface area contributed by atoms with Crippen molar-refractivity contribution in [1.29, 1.82) is 0 Å². The number of alkyl carbamates (subject to hydrolysis) is 1. The first kappa shape index (κ1) is 17.2. The molecule has 1 aliphatic rings. The number of hydroxylamine groups is 2. The maximum Gasteiger partial charge on any atom is 0.408 e. The standard InChI is InChI=1S/C16H22N2O5/c1-11-13(14(19)18(11)23-16(2,3)21-4)17-15(20)22-10-12-8-6-5-7-9-12/h5-9,11,13H,10H2,1-4H3,(H,17,20). The molecular formula is C16H22N2O5. The lowest BCUT2D eigenvalue weighted by Gasteiger charge is -2.46. The molecule has 1 N–H and O–H groups in total. The van der Waals surface area contributed by atoms with Crippen LogP contribution in [0.25, 0.3) is 0 Å². The molecule has 2 unspecified atom stereocenters. The van der Waals surface area contributed by atoms with Crippen LogP contribution in [0.4, 0.5) is 4.79 Å². The number of methoxy groups -OCH3 is 1. The molecule has 0 bridgehead atoms. The summed E-state index contributed by atoms with van der Waals surface area (Å²) in [5.41, 5.74) is 0.877. The van der Waals surface area contributed by atoms with E-state index in [1.54, 1.807) is 20.8 Å². The Balaban J connectivity index is 1.80. The number of β-lactam (4-membered cyclic amide) rings is 1. The Hall–Kier alpha value is -2.12. The average molecular weight is 322 g/mol. The van der Waals surface area contributed by atoms with Gasteiger partial charge in [0.15, 0.2) is 5.79 Å². The van der Waals surface area contributed by atoms with Crippen LogP contribution in [0.15, 0.2) is 30.3 Å². The van der Waals surface area contributed by atoms with Crippen LogP contribution >= 0.6 is 0 Å². The van der Waals surface area contributed by atoms with Gasteiger partial charge >= 0.3 is 6.09 Å². The summed E-state index contributed by atoms with van der Waals surface area (Å²) in [6, 6.07) is 8.35. The summed E-state index contributed by atoms with van der Waals surface area (Å²) in [4.78, 5) is 29.3. The summed E-state index contributed by atoms with van der Waals surface area (Å²) in [6.45, 7) is 5.32. The van der Waals surface area contributed by atoms with Gasteiger partial charge in [-0.2, -0.15) is 0 Å². The van der Waals surface area contributed by atoms with E-state index in [-0.39, 0.29) is 18.6 Å². The molecule has 1 fully saturated rings. The van der Waals surface area contributed by atoms with E-state index in [1.807, 2.05) is 30.3 Å². The number of hydrogen-bond acceptors (Lipinski definition) is 5. The second kappa shape index (κ2) is 6.97. The topological polar surface area (TPSA) is 77.1 Å². The summed E-state index contributed by atoms with van der Waals surface area (Å²) in [6.07, 6.45) is -0.635. The molecule has 0 radical (unpaired) electrons. The Labute approximate surface area is 135 Å². The monoisotopic (exact) mass is 322 g/mol. The zero-order valence-corrected chi connectivity index (χ0v) is 13.7. The van der Waals surface area contributed by atoms with Crippen LogP contribution < -0.4 is 5.32 Å². The van der Waals surface area contributed by atoms with Crippen molar-refractivity contribution < 1.29 is 23.9 Å². The average Bonchev–Trinajstić information content (AvgIpc) is 2.56. The van der Waals surface area contributed by atoms with Gasteiger partial charge in [0.05, 0.1) is 6.04 Å². The van der Waals surface area contributed by atoms with Crippen molar-refractivity contribution >= 4 is 12.0 Å². The highest BCUT2D eigenvalue weighted by molar-refractivity contribution is 5.91. The van der Waals surface area contributed by atoms with Gasteiger partial charge in [0.1, 0.15) is 12.6 Å². The van der Waals surface area contributed by atoms with Crippen molar-refractivity contribution in [2.45, 2.75) is 45.2 Å². The second-order valence-corrected chi connectivity index (χ2v) is 5.78. The molecular weight excluding hydrogens is 300 g/mol. The zero-order chi connectivity index (χ0) is 17.0. The van der Waals surface area contributed by atoms with Gasteiger partial charge in [-0.05, 0) is 26.3 Å². The Morgan fingerprint density at radius 1 is 1.30 bits per heavy atom. The third kappa shape index (κ3) is 4.20. The maximum atomic E-state index is 12.1. The first-order valence-electron chi connectivity index (χ1n) is 7.38. The van der Waals surface area contributed by atoms with Crippen molar-refractivity contribution in [1.82, 2.24) is 10.4 Å². The highest BCUT2D eigenvalue weighted by Crippen LogP contribution is 2.25. The molecule has 2 atom stereocenters. The molecule has 23 heavy (non-hydrogen) atoms. The highest BCUT2D eigenvalue weighted by atomic mass is 16.8. The van der Waals surface area contributed by atoms with Gasteiger partial charge in [0.25, 0.3) is 5.91 Å². The largest absolute Gasteiger partial charge is 0.445 e. The van der Waals surface area contributed by atoms with Gasteiger partial charge in [0.2, 0.25) is 0 Å². The Kier molecular flexibility index (Phi) is 5.23. The zero-order valence-electron chi connectivity index (χ0n) is 13.7. The van der Waals surface area contributed by atoms with Crippen LogP contribution in [-0.4, -0.2) is 42.0 Å². The van der Waals surface area contributed by atoms with Gasteiger partial charge in [0, 0.05) is 7.11 Å². The molecule has 0 aliphatic carbocycles. The molecule has 0 spiro atoms. The number of nitrogens with one attached hydrogen (secondary N) is 1. The van der Waals surface area contributed by atoms with Crippen molar-refractivity contribution in [2.24, 2.45) is 0 Å². The molecule has 1 saturated heterocycles. The van der Waals surface area contributed by atoms with Crippen molar-refractivity contribution in [3.8, 4) is 0 Å². The van der Waals surface area contributed by atoms with Crippen molar-refractivity contribution in [3.63, 3.8) is 0 Å². The van der Waals surface area contributed by atoms with Gasteiger partial charge in [-0.15, -0.1) is 0 Å². The van der Waals surface area contributed by atoms with E-state index in [4.69, 9.17) is 14.3 Å². The van der Waals surface area contributed by atoms with Crippen LogP contribution in [0.5, 0.6) is 0 Å². The number of nitrogens with zero attached hydrogens (tertiary/aromatic N) is 1. The first-order chi connectivity index (χ1) is 10.8. The Morgan fingerprint density at radius 3 is 2.52 bits per heavy atom. The fourth-order valence-electron chi connectivity index (χ4n) is 2.07. The molecule has 2 rings (SSSR count). The van der Waals surface area contributed by atoms with E-state index in [0.717, 1.165) is 5.56 Å². The van der Waals surface area contributed by atoms with E-state index >= 15 is 0 Å². The maximum absolute atomic E-state index is 12.1. The summed E-state index contributed by atoms with van der Waals surface area (Å²) in [7, 11) is 1.49. The molecule has 1 aliphatic heterocycles. The number of carbonyl (C=O) groups excluding carboxylic acids is 2. The Bertz CT molecular complexity index is 561. The molecule has 7 nitrogen and oxygen atoms in total. The van der Waals surface area contributed by atoms with Crippen molar-refractivity contribution in [2.75, 3.05) is 7.11 Å². The fraction of sp³-hybridized carbons (Fsp3) is 0.500. The van der Waals surface area contributed by atoms with E-state index < -0.39 is 17.9 Å². The van der Waals surface area contributed by atoms with Gasteiger partial charge in [-0.25, -0.2) is 14.7 Å². The third-order valence-corrected chi connectivity index (χ3v) is 3.63. The quantitative estimate of drug-likeness (QED) is 0.638. The predicted molar refractivity (Wildman–Crippen MR) is 82.0 cm³/mol. The predicted octanol–water partition coefficient (Wildman–Crippen LogP) is 1.83. The lowest BCUT2D eigenvalue weighted by atomic mass is 10.0. The summed E-state index contributed by atoms with van der Waals surface area (Å²) >= 11 is 0. The summed E-state index contributed by atoms with van der Waals surface area (Å²) in [5, 5.41) is 3.75. The van der Waals surface area contributed by atoms with Crippen molar-refractivity contribution in [3.05, 3.63) is 35.9 Å². The smallest absolute Gasteiger partial charge is 0.408 e. The van der Waals surface area contributed by atoms with Gasteiger partial charge in [-0.3, -0.25) is 4.79 Å².